The van der Waals surface area contributed by atoms with E-state index in [-0.39, 0.29) is 5.54 Å². The summed E-state index contributed by atoms with van der Waals surface area (Å²) in [4.78, 5) is 0. The molecule has 2 heterocycles. The molecule has 0 aliphatic carbocycles. The van der Waals surface area contributed by atoms with Crippen molar-refractivity contribution in [2.24, 2.45) is 0 Å². The maximum absolute atomic E-state index is 5.42. The van der Waals surface area contributed by atoms with Crippen LogP contribution in [0, 0.1) is 0 Å². The van der Waals surface area contributed by atoms with Gasteiger partial charge >= 0.3 is 0 Å². The van der Waals surface area contributed by atoms with Crippen LogP contribution in [0.5, 0.6) is 0 Å². The molecule has 0 amide bonds. The van der Waals surface area contributed by atoms with Gasteiger partial charge in [0.05, 0.1) is 0 Å². The second kappa shape index (κ2) is 5.69. The second-order valence-electron chi connectivity index (χ2n) is 5.22. The minimum Gasteiger partial charge on any atom is -0.381 e. The van der Waals surface area contributed by atoms with Crippen LogP contribution >= 0.6 is 0 Å². The first-order valence-electron chi connectivity index (χ1n) is 6.70. The van der Waals surface area contributed by atoms with Gasteiger partial charge in [-0.15, -0.1) is 0 Å². The molecule has 1 fully saturated rings. The molecule has 1 aromatic rings. The molecule has 0 unspecified atom stereocenters. The molecule has 17 heavy (non-hydrogen) atoms. The van der Waals surface area contributed by atoms with Crippen molar-refractivity contribution >= 4 is 0 Å². The van der Waals surface area contributed by atoms with Crippen molar-refractivity contribution in [1.29, 1.82) is 0 Å². The number of nitrogens with zero attached hydrogens (tertiary/aromatic N) is 1. The molecule has 96 valence electrons. The zero-order chi connectivity index (χ0) is 12.1. The van der Waals surface area contributed by atoms with Crippen LogP contribution < -0.4 is 5.32 Å². The van der Waals surface area contributed by atoms with E-state index in [1.807, 2.05) is 0 Å². The third kappa shape index (κ3) is 3.33. The molecule has 1 N–H and O–H groups in total. The summed E-state index contributed by atoms with van der Waals surface area (Å²) in [6.45, 7) is 8.38. The lowest BCUT2D eigenvalue weighted by Gasteiger charge is -2.34. The normalized spacial score (nSPS) is 19.4. The lowest BCUT2D eigenvalue weighted by atomic mass is 9.92. The predicted octanol–water partition coefficient (Wildman–Crippen LogP) is 2.56. The Hall–Kier alpha value is -0.800. The molecule has 3 heteroatoms. The molecule has 0 atom stereocenters. The maximum atomic E-state index is 5.42. The van der Waals surface area contributed by atoms with Crippen LogP contribution in [-0.2, 0) is 17.8 Å². The first kappa shape index (κ1) is 12.7. The molecule has 0 aromatic carbocycles. The van der Waals surface area contributed by atoms with Gasteiger partial charge in [0.1, 0.15) is 0 Å². The van der Waals surface area contributed by atoms with Gasteiger partial charge in [0.15, 0.2) is 0 Å². The van der Waals surface area contributed by atoms with Crippen molar-refractivity contribution in [2.45, 2.75) is 51.7 Å². The van der Waals surface area contributed by atoms with E-state index in [0.717, 1.165) is 39.1 Å². The fraction of sp³-hybridized carbons (Fsp3) is 0.714. The Labute approximate surface area is 104 Å². The monoisotopic (exact) mass is 236 g/mol. The van der Waals surface area contributed by atoms with Gasteiger partial charge in [0.2, 0.25) is 0 Å². The maximum Gasteiger partial charge on any atom is 0.0483 e. The molecule has 1 aliphatic rings. The zero-order valence-corrected chi connectivity index (χ0v) is 11.0. The molecule has 1 aromatic heterocycles. The Kier molecular flexibility index (Phi) is 4.24. The molecule has 0 saturated carbocycles. The van der Waals surface area contributed by atoms with Crippen molar-refractivity contribution in [2.75, 3.05) is 13.2 Å². The van der Waals surface area contributed by atoms with E-state index in [9.17, 15) is 0 Å². The van der Waals surface area contributed by atoms with E-state index in [2.05, 4.69) is 42.1 Å². The molecule has 1 aliphatic heterocycles. The number of aromatic nitrogens is 1. The highest BCUT2D eigenvalue weighted by Gasteiger charge is 2.26. The number of hydrogen-bond acceptors (Lipinski definition) is 2. The van der Waals surface area contributed by atoms with Gasteiger partial charge in [-0.1, -0.05) is 6.92 Å². The first-order chi connectivity index (χ1) is 8.23. The Bertz CT molecular complexity index is 340. The molecular weight excluding hydrogens is 212 g/mol. The van der Waals surface area contributed by atoms with Gasteiger partial charge in [0.25, 0.3) is 0 Å². The number of hydrogen-bond donors (Lipinski definition) is 1. The minimum absolute atomic E-state index is 0.250. The van der Waals surface area contributed by atoms with E-state index >= 15 is 0 Å². The summed E-state index contributed by atoms with van der Waals surface area (Å²) in [7, 11) is 0. The van der Waals surface area contributed by atoms with E-state index in [1.54, 1.807) is 0 Å². The number of nitrogens with one attached hydrogen (secondary N) is 1. The average Bonchev–Trinajstić information content (AvgIpc) is 2.76. The topological polar surface area (TPSA) is 26.2 Å². The van der Waals surface area contributed by atoms with Crippen molar-refractivity contribution in [3.63, 3.8) is 0 Å². The van der Waals surface area contributed by atoms with Gasteiger partial charge in [0, 0.05) is 43.7 Å². The van der Waals surface area contributed by atoms with Crippen LogP contribution in [0.2, 0.25) is 0 Å². The predicted molar refractivity (Wildman–Crippen MR) is 70.0 cm³/mol. The van der Waals surface area contributed by atoms with Crippen molar-refractivity contribution in [1.82, 2.24) is 9.88 Å². The third-order valence-electron chi connectivity index (χ3n) is 3.68. The van der Waals surface area contributed by atoms with E-state index in [0.29, 0.717) is 0 Å². The van der Waals surface area contributed by atoms with Crippen LogP contribution in [0.1, 0.15) is 38.8 Å². The second-order valence-corrected chi connectivity index (χ2v) is 5.22. The van der Waals surface area contributed by atoms with E-state index < -0.39 is 0 Å². The van der Waals surface area contributed by atoms with Crippen LogP contribution in [0.3, 0.4) is 0 Å². The Morgan fingerprint density at radius 3 is 2.88 bits per heavy atom. The van der Waals surface area contributed by atoms with Gasteiger partial charge < -0.3 is 14.6 Å². The largest absolute Gasteiger partial charge is 0.381 e. The highest BCUT2D eigenvalue weighted by atomic mass is 16.5. The van der Waals surface area contributed by atoms with Crippen molar-refractivity contribution in [3.05, 3.63) is 24.0 Å². The van der Waals surface area contributed by atoms with E-state index in [4.69, 9.17) is 4.74 Å². The van der Waals surface area contributed by atoms with Crippen molar-refractivity contribution in [3.8, 4) is 0 Å². The summed E-state index contributed by atoms with van der Waals surface area (Å²) in [6.07, 6.45) is 5.59. The van der Waals surface area contributed by atoms with Crippen LogP contribution in [0.15, 0.2) is 18.3 Å². The SMILES string of the molecule is CCCn1cccc1CNC1(C)CCOCC1. The first-order valence-corrected chi connectivity index (χ1v) is 6.70. The molecule has 2 rings (SSSR count). The minimum atomic E-state index is 0.250. The highest BCUT2D eigenvalue weighted by Crippen LogP contribution is 2.20. The number of ether oxygens (including phenoxy) is 1. The van der Waals surface area contributed by atoms with Crippen molar-refractivity contribution < 1.29 is 4.74 Å². The number of aryl methyl sites for hydroxylation is 1. The van der Waals surface area contributed by atoms with Crippen LogP contribution in [-0.4, -0.2) is 23.3 Å². The fourth-order valence-electron chi connectivity index (χ4n) is 2.37. The lowest BCUT2D eigenvalue weighted by Crippen LogP contribution is -2.46. The van der Waals surface area contributed by atoms with Gasteiger partial charge in [-0.05, 0) is 38.3 Å². The summed E-state index contributed by atoms with van der Waals surface area (Å²) in [5, 5.41) is 3.70. The molecule has 0 radical (unpaired) electrons. The summed E-state index contributed by atoms with van der Waals surface area (Å²) in [5.74, 6) is 0. The molecule has 0 bridgehead atoms. The van der Waals surface area contributed by atoms with Gasteiger partial charge in [-0.25, -0.2) is 0 Å². The van der Waals surface area contributed by atoms with Crippen LogP contribution in [0.25, 0.3) is 0 Å². The lowest BCUT2D eigenvalue weighted by molar-refractivity contribution is 0.0444. The Balaban J connectivity index is 1.90. The Morgan fingerprint density at radius 2 is 2.18 bits per heavy atom. The zero-order valence-electron chi connectivity index (χ0n) is 11.0. The highest BCUT2D eigenvalue weighted by molar-refractivity contribution is 5.07. The third-order valence-corrected chi connectivity index (χ3v) is 3.68. The van der Waals surface area contributed by atoms with Gasteiger partial charge in [-0.3, -0.25) is 0 Å². The quantitative estimate of drug-likeness (QED) is 0.850. The Morgan fingerprint density at radius 1 is 1.41 bits per heavy atom. The standard InChI is InChI=1S/C14H24N2O/c1-3-8-16-9-4-5-13(16)12-15-14(2)6-10-17-11-7-14/h4-5,9,15H,3,6-8,10-12H2,1-2H3. The number of rotatable bonds is 5. The average molecular weight is 236 g/mol. The molecule has 0 spiro atoms. The van der Waals surface area contributed by atoms with Gasteiger partial charge in [-0.2, -0.15) is 0 Å². The molecule has 1 saturated heterocycles. The molecule has 3 nitrogen and oxygen atoms in total. The summed E-state index contributed by atoms with van der Waals surface area (Å²) < 4.78 is 7.76. The summed E-state index contributed by atoms with van der Waals surface area (Å²) in [6, 6.07) is 4.35. The molecular formula is C14H24N2O. The fourth-order valence-corrected chi connectivity index (χ4v) is 2.37. The smallest absolute Gasteiger partial charge is 0.0483 e. The summed E-state index contributed by atoms with van der Waals surface area (Å²) in [5.41, 5.74) is 1.64. The van der Waals surface area contributed by atoms with E-state index in [1.165, 1.54) is 12.1 Å². The van der Waals surface area contributed by atoms with Crippen LogP contribution in [0.4, 0.5) is 0 Å². The summed E-state index contributed by atoms with van der Waals surface area (Å²) >= 11 is 0.